The molecule has 0 aromatic heterocycles. The Kier molecular flexibility index (Phi) is 4.34. The van der Waals surface area contributed by atoms with Gasteiger partial charge in [0.05, 0.1) is 17.4 Å². The van der Waals surface area contributed by atoms with E-state index in [1.807, 2.05) is 31.2 Å². The Bertz CT molecular complexity index is 612. The van der Waals surface area contributed by atoms with Gasteiger partial charge in [-0.25, -0.2) is 0 Å². The van der Waals surface area contributed by atoms with Crippen molar-refractivity contribution in [3.8, 4) is 0 Å². The predicted molar refractivity (Wildman–Crippen MR) is 82.5 cm³/mol. The van der Waals surface area contributed by atoms with Crippen molar-refractivity contribution < 1.29 is 19.5 Å². The number of ketones is 3. The molecule has 1 aliphatic rings. The number of hydrogen-bond acceptors (Lipinski definition) is 4. The summed E-state index contributed by atoms with van der Waals surface area (Å²) in [7, 11) is 0. The van der Waals surface area contributed by atoms with Gasteiger partial charge in [0.1, 0.15) is 17.3 Å². The largest absolute Gasteiger partial charge is 0.389 e. The molecule has 4 atom stereocenters. The SMILES string of the molecule is CC(=O)[C@@H]1C(=O)C[C@](C)(O)[C@H](C(C)=O)[C@H]1c1ccc(C)cc1. The van der Waals surface area contributed by atoms with Crippen LogP contribution in [0.15, 0.2) is 24.3 Å². The van der Waals surface area contributed by atoms with Gasteiger partial charge in [0.2, 0.25) is 0 Å². The van der Waals surface area contributed by atoms with Crippen LogP contribution in [0.5, 0.6) is 0 Å². The second kappa shape index (κ2) is 5.76. The van der Waals surface area contributed by atoms with Crippen molar-refractivity contribution >= 4 is 17.3 Å². The van der Waals surface area contributed by atoms with Crippen molar-refractivity contribution in [3.05, 3.63) is 35.4 Å². The number of Topliss-reactive ketones (excluding diaryl/α,β-unsaturated/α-hetero) is 3. The molecule has 0 heterocycles. The quantitative estimate of drug-likeness (QED) is 0.869. The molecule has 0 bridgehead atoms. The average molecular weight is 302 g/mol. The zero-order chi connectivity index (χ0) is 16.7. The van der Waals surface area contributed by atoms with Crippen molar-refractivity contribution in [2.24, 2.45) is 11.8 Å². The van der Waals surface area contributed by atoms with Crippen LogP contribution in [0.25, 0.3) is 0 Å². The zero-order valence-corrected chi connectivity index (χ0v) is 13.4. The van der Waals surface area contributed by atoms with Crippen molar-refractivity contribution in [3.63, 3.8) is 0 Å². The summed E-state index contributed by atoms with van der Waals surface area (Å²) >= 11 is 0. The summed E-state index contributed by atoms with van der Waals surface area (Å²) in [5.41, 5.74) is 0.375. The number of benzene rings is 1. The van der Waals surface area contributed by atoms with E-state index < -0.39 is 23.4 Å². The fourth-order valence-electron chi connectivity index (χ4n) is 3.70. The van der Waals surface area contributed by atoms with Crippen LogP contribution in [-0.2, 0) is 14.4 Å². The first-order chi connectivity index (χ1) is 10.1. The summed E-state index contributed by atoms with van der Waals surface area (Å²) in [4.78, 5) is 36.6. The molecule has 1 aromatic carbocycles. The van der Waals surface area contributed by atoms with E-state index in [-0.39, 0.29) is 23.8 Å². The van der Waals surface area contributed by atoms with E-state index in [4.69, 9.17) is 0 Å². The lowest BCUT2D eigenvalue weighted by molar-refractivity contribution is -0.151. The molecule has 1 aromatic rings. The first-order valence-corrected chi connectivity index (χ1v) is 7.47. The van der Waals surface area contributed by atoms with Crippen molar-refractivity contribution in [1.29, 1.82) is 0 Å². The van der Waals surface area contributed by atoms with Gasteiger partial charge in [0, 0.05) is 12.3 Å². The van der Waals surface area contributed by atoms with Crippen molar-refractivity contribution in [2.45, 2.75) is 45.6 Å². The Hall–Kier alpha value is -1.81. The second-order valence-corrected chi connectivity index (χ2v) is 6.61. The highest BCUT2D eigenvalue weighted by Crippen LogP contribution is 2.46. The molecule has 0 aliphatic heterocycles. The van der Waals surface area contributed by atoms with Gasteiger partial charge < -0.3 is 5.11 Å². The molecule has 0 spiro atoms. The highest BCUT2D eigenvalue weighted by atomic mass is 16.3. The third-order valence-corrected chi connectivity index (χ3v) is 4.61. The predicted octanol–water partition coefficient (Wildman–Crippen LogP) is 2.21. The zero-order valence-electron chi connectivity index (χ0n) is 13.4. The van der Waals surface area contributed by atoms with E-state index in [9.17, 15) is 19.5 Å². The van der Waals surface area contributed by atoms with Gasteiger partial charge in [0.25, 0.3) is 0 Å². The number of carbonyl (C=O) groups is 3. The minimum absolute atomic E-state index is 0.163. The van der Waals surface area contributed by atoms with Crippen LogP contribution in [0, 0.1) is 18.8 Å². The summed E-state index contributed by atoms with van der Waals surface area (Å²) in [6.45, 7) is 6.24. The minimum Gasteiger partial charge on any atom is -0.389 e. The van der Waals surface area contributed by atoms with E-state index in [1.54, 1.807) is 0 Å². The Balaban J connectivity index is 2.61. The lowest BCUT2D eigenvalue weighted by atomic mass is 9.60. The summed E-state index contributed by atoms with van der Waals surface area (Å²) in [5.74, 6) is -2.97. The molecule has 1 N–H and O–H groups in total. The van der Waals surface area contributed by atoms with Crippen LogP contribution in [0.3, 0.4) is 0 Å². The van der Waals surface area contributed by atoms with Gasteiger partial charge in [-0.2, -0.15) is 0 Å². The van der Waals surface area contributed by atoms with E-state index >= 15 is 0 Å². The maximum absolute atomic E-state index is 12.4. The molecule has 0 saturated heterocycles. The fourth-order valence-corrected chi connectivity index (χ4v) is 3.70. The Labute approximate surface area is 130 Å². The lowest BCUT2D eigenvalue weighted by Gasteiger charge is -2.44. The number of hydrogen-bond donors (Lipinski definition) is 1. The molecule has 0 radical (unpaired) electrons. The topological polar surface area (TPSA) is 71.4 Å². The Morgan fingerprint density at radius 3 is 2.14 bits per heavy atom. The van der Waals surface area contributed by atoms with Gasteiger partial charge in [-0.05, 0) is 33.3 Å². The van der Waals surface area contributed by atoms with E-state index in [0.717, 1.165) is 11.1 Å². The number of carbonyl (C=O) groups excluding carboxylic acids is 3. The molecule has 0 unspecified atom stereocenters. The smallest absolute Gasteiger partial charge is 0.146 e. The summed E-state index contributed by atoms with van der Waals surface area (Å²) < 4.78 is 0. The first kappa shape index (κ1) is 16.6. The van der Waals surface area contributed by atoms with Crippen LogP contribution in [0.2, 0.25) is 0 Å². The monoisotopic (exact) mass is 302 g/mol. The molecular formula is C18H22O4. The van der Waals surface area contributed by atoms with Gasteiger partial charge >= 0.3 is 0 Å². The van der Waals surface area contributed by atoms with Gasteiger partial charge in [0.15, 0.2) is 0 Å². The summed E-state index contributed by atoms with van der Waals surface area (Å²) in [6, 6.07) is 7.44. The highest BCUT2D eigenvalue weighted by Gasteiger charge is 2.53. The number of aliphatic hydroxyl groups is 1. The van der Waals surface area contributed by atoms with Crippen molar-refractivity contribution in [2.75, 3.05) is 0 Å². The van der Waals surface area contributed by atoms with Crippen LogP contribution in [-0.4, -0.2) is 28.1 Å². The Morgan fingerprint density at radius 2 is 1.68 bits per heavy atom. The van der Waals surface area contributed by atoms with E-state index in [0.29, 0.717) is 0 Å². The maximum atomic E-state index is 12.4. The number of rotatable bonds is 3. The lowest BCUT2D eigenvalue weighted by Crippen LogP contribution is -2.53. The molecule has 1 fully saturated rings. The second-order valence-electron chi connectivity index (χ2n) is 6.61. The minimum atomic E-state index is -1.43. The van der Waals surface area contributed by atoms with Crippen LogP contribution in [0.4, 0.5) is 0 Å². The third kappa shape index (κ3) is 2.88. The van der Waals surface area contributed by atoms with Crippen LogP contribution >= 0.6 is 0 Å². The third-order valence-electron chi connectivity index (χ3n) is 4.61. The van der Waals surface area contributed by atoms with E-state index in [1.165, 1.54) is 20.8 Å². The van der Waals surface area contributed by atoms with E-state index in [2.05, 4.69) is 0 Å². The molecule has 1 saturated carbocycles. The normalized spacial score (nSPS) is 31.9. The highest BCUT2D eigenvalue weighted by molar-refractivity contribution is 6.05. The molecule has 0 amide bonds. The molecule has 4 nitrogen and oxygen atoms in total. The molecule has 118 valence electrons. The Morgan fingerprint density at radius 1 is 1.14 bits per heavy atom. The average Bonchev–Trinajstić information content (AvgIpc) is 2.36. The molecular weight excluding hydrogens is 280 g/mol. The molecule has 22 heavy (non-hydrogen) atoms. The maximum Gasteiger partial charge on any atom is 0.146 e. The van der Waals surface area contributed by atoms with Crippen LogP contribution in [0.1, 0.15) is 44.2 Å². The van der Waals surface area contributed by atoms with Gasteiger partial charge in [-0.3, -0.25) is 14.4 Å². The van der Waals surface area contributed by atoms with Gasteiger partial charge in [-0.15, -0.1) is 0 Å². The number of aryl methyl sites for hydroxylation is 1. The molecule has 1 aliphatic carbocycles. The first-order valence-electron chi connectivity index (χ1n) is 7.47. The standard InChI is InChI=1S/C18H22O4/c1-10-5-7-13(8-6-10)16-15(11(2)19)14(21)9-18(4,22)17(16)12(3)20/h5-8,15-17,22H,9H2,1-4H3/t15-,16+,17-,18+/m1/s1. The molecule has 2 rings (SSSR count). The summed E-state index contributed by atoms with van der Waals surface area (Å²) in [6.07, 6.45) is -0.163. The summed E-state index contributed by atoms with van der Waals surface area (Å²) in [5, 5.41) is 10.6. The van der Waals surface area contributed by atoms with Crippen molar-refractivity contribution in [1.82, 2.24) is 0 Å². The van der Waals surface area contributed by atoms with Crippen LogP contribution < -0.4 is 0 Å². The fraction of sp³-hybridized carbons (Fsp3) is 0.500. The molecule has 4 heteroatoms. The van der Waals surface area contributed by atoms with Gasteiger partial charge in [-0.1, -0.05) is 29.8 Å².